The maximum Gasteiger partial charge on any atom is 0.124 e. The zero-order valence-corrected chi connectivity index (χ0v) is 13.3. The van der Waals surface area contributed by atoms with E-state index in [1.165, 1.54) is 17.7 Å². The Labute approximate surface area is 134 Å². The van der Waals surface area contributed by atoms with Crippen molar-refractivity contribution in [3.05, 3.63) is 64.4 Å². The van der Waals surface area contributed by atoms with Gasteiger partial charge in [-0.05, 0) is 54.2 Å². The second kappa shape index (κ2) is 7.67. The molecule has 0 aromatic heterocycles. The minimum absolute atomic E-state index is 0.253. The van der Waals surface area contributed by atoms with E-state index in [9.17, 15) is 4.39 Å². The van der Waals surface area contributed by atoms with Gasteiger partial charge in [0.05, 0.1) is 7.11 Å². The van der Waals surface area contributed by atoms with Crippen LogP contribution in [0, 0.1) is 11.7 Å². The molecular weight excluding hydrogens is 310 g/mol. The van der Waals surface area contributed by atoms with Gasteiger partial charge >= 0.3 is 0 Å². The van der Waals surface area contributed by atoms with Crippen molar-refractivity contribution in [2.24, 2.45) is 5.92 Å². The third kappa shape index (κ3) is 4.62. The Balaban J connectivity index is 2.05. The summed E-state index contributed by atoms with van der Waals surface area (Å²) in [6.07, 6.45) is 1.58. The molecule has 0 fully saturated rings. The van der Waals surface area contributed by atoms with Gasteiger partial charge in [-0.25, -0.2) is 4.39 Å². The molecule has 21 heavy (non-hydrogen) atoms. The van der Waals surface area contributed by atoms with E-state index < -0.39 is 0 Å². The van der Waals surface area contributed by atoms with Gasteiger partial charge in [0.15, 0.2) is 0 Å². The first-order chi connectivity index (χ1) is 10.1. The molecule has 0 saturated heterocycles. The molecule has 1 nitrogen and oxygen atoms in total. The van der Waals surface area contributed by atoms with Gasteiger partial charge in [-0.15, -0.1) is 11.6 Å². The first kappa shape index (κ1) is 16.1. The average molecular weight is 327 g/mol. The molecule has 0 N–H and O–H groups in total. The van der Waals surface area contributed by atoms with E-state index in [2.05, 4.69) is 0 Å². The third-order valence-electron chi connectivity index (χ3n) is 3.43. The molecule has 112 valence electrons. The zero-order valence-electron chi connectivity index (χ0n) is 11.8. The Morgan fingerprint density at radius 1 is 1.10 bits per heavy atom. The highest BCUT2D eigenvalue weighted by atomic mass is 35.5. The molecule has 2 aromatic rings. The molecule has 0 spiro atoms. The molecule has 4 heteroatoms. The summed E-state index contributed by atoms with van der Waals surface area (Å²) < 4.78 is 18.2. The smallest absolute Gasteiger partial charge is 0.124 e. The standard InChI is InChI=1S/C17H17Cl2FO/c1-21-16-6-2-12(3-7-16)8-13(11-18)9-14-4-5-15(20)10-17(14)19/h2-7,10,13H,8-9,11H2,1H3. The lowest BCUT2D eigenvalue weighted by Crippen LogP contribution is -2.10. The molecule has 1 unspecified atom stereocenters. The number of rotatable bonds is 6. The van der Waals surface area contributed by atoms with Gasteiger partial charge in [0.25, 0.3) is 0 Å². The Hall–Kier alpha value is -1.25. The summed E-state index contributed by atoms with van der Waals surface area (Å²) in [6, 6.07) is 12.4. The highest BCUT2D eigenvalue weighted by Gasteiger charge is 2.12. The quantitative estimate of drug-likeness (QED) is 0.669. The number of halogens is 3. The van der Waals surface area contributed by atoms with Gasteiger partial charge in [0, 0.05) is 10.9 Å². The van der Waals surface area contributed by atoms with Crippen LogP contribution < -0.4 is 4.74 Å². The summed E-state index contributed by atoms with van der Waals surface area (Å²) in [7, 11) is 1.65. The van der Waals surface area contributed by atoms with Crippen LogP contribution in [0.1, 0.15) is 11.1 Å². The van der Waals surface area contributed by atoms with E-state index in [-0.39, 0.29) is 11.7 Å². The first-order valence-corrected chi connectivity index (χ1v) is 7.66. The van der Waals surface area contributed by atoms with Crippen molar-refractivity contribution in [2.75, 3.05) is 13.0 Å². The fraction of sp³-hybridized carbons (Fsp3) is 0.294. The van der Waals surface area contributed by atoms with Gasteiger partial charge in [-0.2, -0.15) is 0 Å². The second-order valence-electron chi connectivity index (χ2n) is 5.01. The van der Waals surface area contributed by atoms with Crippen LogP contribution in [0.25, 0.3) is 0 Å². The zero-order chi connectivity index (χ0) is 15.2. The lowest BCUT2D eigenvalue weighted by Gasteiger charge is -2.15. The van der Waals surface area contributed by atoms with Gasteiger partial charge in [-0.3, -0.25) is 0 Å². The van der Waals surface area contributed by atoms with Crippen LogP contribution in [0.5, 0.6) is 5.75 Å². The maximum atomic E-state index is 13.1. The van der Waals surface area contributed by atoms with Crippen LogP contribution in [0.4, 0.5) is 4.39 Å². The molecule has 0 radical (unpaired) electrons. The number of methoxy groups -OCH3 is 1. The predicted octanol–water partition coefficient (Wildman–Crippen LogP) is 5.13. The van der Waals surface area contributed by atoms with E-state index in [4.69, 9.17) is 27.9 Å². The van der Waals surface area contributed by atoms with Crippen LogP contribution in [0.2, 0.25) is 5.02 Å². The SMILES string of the molecule is COc1ccc(CC(CCl)Cc2ccc(F)cc2Cl)cc1. The van der Waals surface area contributed by atoms with Crippen molar-refractivity contribution in [3.63, 3.8) is 0 Å². The molecular formula is C17H17Cl2FO. The van der Waals surface area contributed by atoms with Crippen molar-refractivity contribution in [3.8, 4) is 5.75 Å². The van der Waals surface area contributed by atoms with Crippen LogP contribution in [0.3, 0.4) is 0 Å². The van der Waals surface area contributed by atoms with Gasteiger partial charge in [0.1, 0.15) is 11.6 Å². The molecule has 0 aliphatic carbocycles. The molecule has 1 atom stereocenters. The second-order valence-corrected chi connectivity index (χ2v) is 5.73. The number of benzene rings is 2. The van der Waals surface area contributed by atoms with E-state index in [0.29, 0.717) is 10.9 Å². The van der Waals surface area contributed by atoms with E-state index in [1.807, 2.05) is 24.3 Å². The minimum Gasteiger partial charge on any atom is -0.497 e. The van der Waals surface area contributed by atoms with Crippen molar-refractivity contribution < 1.29 is 9.13 Å². The van der Waals surface area contributed by atoms with E-state index in [1.54, 1.807) is 13.2 Å². The molecule has 0 aliphatic rings. The number of hydrogen-bond acceptors (Lipinski definition) is 1. The monoisotopic (exact) mass is 326 g/mol. The summed E-state index contributed by atoms with van der Waals surface area (Å²) in [6.45, 7) is 0. The summed E-state index contributed by atoms with van der Waals surface area (Å²) in [4.78, 5) is 0. The molecule has 0 amide bonds. The number of ether oxygens (including phenoxy) is 1. The van der Waals surface area contributed by atoms with Crippen molar-refractivity contribution in [1.82, 2.24) is 0 Å². The lowest BCUT2D eigenvalue weighted by atomic mass is 9.94. The Morgan fingerprint density at radius 2 is 1.81 bits per heavy atom. The van der Waals surface area contributed by atoms with Crippen molar-refractivity contribution in [1.29, 1.82) is 0 Å². The Bertz CT molecular complexity index is 584. The molecule has 0 aliphatic heterocycles. The van der Waals surface area contributed by atoms with Crippen LogP contribution >= 0.6 is 23.2 Å². The fourth-order valence-corrected chi connectivity index (χ4v) is 2.74. The van der Waals surface area contributed by atoms with Crippen molar-refractivity contribution >= 4 is 23.2 Å². The molecule has 0 heterocycles. The fourth-order valence-electron chi connectivity index (χ4n) is 2.27. The lowest BCUT2D eigenvalue weighted by molar-refractivity contribution is 0.414. The molecule has 2 rings (SSSR count). The van der Waals surface area contributed by atoms with E-state index >= 15 is 0 Å². The highest BCUT2D eigenvalue weighted by molar-refractivity contribution is 6.31. The normalized spacial score (nSPS) is 12.2. The number of hydrogen-bond donors (Lipinski definition) is 0. The van der Waals surface area contributed by atoms with Crippen LogP contribution in [0.15, 0.2) is 42.5 Å². The van der Waals surface area contributed by atoms with Crippen LogP contribution in [-0.4, -0.2) is 13.0 Å². The van der Waals surface area contributed by atoms with Gasteiger partial charge in [0.2, 0.25) is 0 Å². The minimum atomic E-state index is -0.318. The maximum absolute atomic E-state index is 13.1. The molecule has 2 aromatic carbocycles. The summed E-state index contributed by atoms with van der Waals surface area (Å²) in [5.41, 5.74) is 2.12. The summed E-state index contributed by atoms with van der Waals surface area (Å²) in [5, 5.41) is 0.458. The molecule has 0 bridgehead atoms. The van der Waals surface area contributed by atoms with Crippen LogP contribution in [-0.2, 0) is 12.8 Å². The number of alkyl halides is 1. The Morgan fingerprint density at radius 3 is 2.38 bits per heavy atom. The third-order valence-corrected chi connectivity index (χ3v) is 4.21. The average Bonchev–Trinajstić information content (AvgIpc) is 2.49. The highest BCUT2D eigenvalue weighted by Crippen LogP contribution is 2.23. The topological polar surface area (TPSA) is 9.23 Å². The summed E-state index contributed by atoms with van der Waals surface area (Å²) >= 11 is 12.1. The summed E-state index contributed by atoms with van der Waals surface area (Å²) in [5.74, 6) is 1.30. The van der Waals surface area contributed by atoms with E-state index in [0.717, 1.165) is 24.2 Å². The van der Waals surface area contributed by atoms with Gasteiger partial charge in [-0.1, -0.05) is 29.8 Å². The van der Waals surface area contributed by atoms with Crippen molar-refractivity contribution in [2.45, 2.75) is 12.8 Å². The van der Waals surface area contributed by atoms with Gasteiger partial charge < -0.3 is 4.74 Å². The predicted molar refractivity (Wildman–Crippen MR) is 86.0 cm³/mol. The largest absolute Gasteiger partial charge is 0.497 e. The molecule has 0 saturated carbocycles. The Kier molecular flexibility index (Phi) is 5.89. The first-order valence-electron chi connectivity index (χ1n) is 6.75.